The molecule has 5 nitrogen and oxygen atoms in total. The van der Waals surface area contributed by atoms with E-state index in [1.165, 1.54) is 12.8 Å². The van der Waals surface area contributed by atoms with Crippen LogP contribution in [0.3, 0.4) is 0 Å². The molecule has 1 unspecified atom stereocenters. The average Bonchev–Trinajstić information content (AvgIpc) is 3.14. The van der Waals surface area contributed by atoms with Crippen molar-refractivity contribution in [2.75, 3.05) is 19.6 Å². The van der Waals surface area contributed by atoms with Crippen molar-refractivity contribution in [1.82, 2.24) is 10.2 Å². The largest absolute Gasteiger partial charge is 0.481 e. The lowest BCUT2D eigenvalue weighted by molar-refractivity contribution is -0.138. The molecule has 0 heterocycles. The zero-order chi connectivity index (χ0) is 13.5. The van der Waals surface area contributed by atoms with Gasteiger partial charge in [0.2, 0.25) is 0 Å². The van der Waals surface area contributed by atoms with Gasteiger partial charge in [0.15, 0.2) is 0 Å². The summed E-state index contributed by atoms with van der Waals surface area (Å²) in [7, 11) is 0. The quantitative estimate of drug-likeness (QED) is 0.697. The molecule has 2 N–H and O–H groups in total. The van der Waals surface area contributed by atoms with E-state index in [0.717, 1.165) is 13.0 Å². The Morgan fingerprint density at radius 2 is 2.06 bits per heavy atom. The van der Waals surface area contributed by atoms with Gasteiger partial charge in [-0.2, -0.15) is 0 Å². The van der Waals surface area contributed by atoms with Crippen molar-refractivity contribution in [2.45, 2.75) is 39.5 Å². The van der Waals surface area contributed by atoms with E-state index in [1.54, 1.807) is 0 Å². The lowest BCUT2D eigenvalue weighted by Crippen LogP contribution is -2.42. The molecule has 0 bridgehead atoms. The summed E-state index contributed by atoms with van der Waals surface area (Å²) in [5.74, 6) is -0.107. The number of hydrogen-bond acceptors (Lipinski definition) is 2. The van der Waals surface area contributed by atoms with Gasteiger partial charge in [0.1, 0.15) is 0 Å². The molecule has 1 saturated carbocycles. The minimum Gasteiger partial charge on any atom is -0.481 e. The first-order valence-electron chi connectivity index (χ1n) is 6.81. The van der Waals surface area contributed by atoms with Gasteiger partial charge in [-0.1, -0.05) is 13.3 Å². The number of carbonyl (C=O) groups excluding carboxylic acids is 1. The predicted octanol–water partition coefficient (Wildman–Crippen LogP) is 1.93. The van der Waals surface area contributed by atoms with Crippen LogP contribution in [0.1, 0.15) is 39.5 Å². The molecule has 0 aromatic carbocycles. The average molecular weight is 256 g/mol. The van der Waals surface area contributed by atoms with Crippen LogP contribution in [-0.4, -0.2) is 41.6 Å². The molecule has 18 heavy (non-hydrogen) atoms. The van der Waals surface area contributed by atoms with Crippen molar-refractivity contribution in [2.24, 2.45) is 11.8 Å². The Hall–Kier alpha value is -1.26. The molecule has 1 fully saturated rings. The van der Waals surface area contributed by atoms with Crippen LogP contribution in [0.15, 0.2) is 0 Å². The van der Waals surface area contributed by atoms with Gasteiger partial charge in [0, 0.05) is 26.1 Å². The third kappa shape index (κ3) is 5.38. The maximum atomic E-state index is 11.9. The highest BCUT2D eigenvalue weighted by atomic mass is 16.4. The molecule has 0 aromatic heterocycles. The second kappa shape index (κ2) is 7.24. The van der Waals surface area contributed by atoms with Gasteiger partial charge in [0.05, 0.1) is 0 Å². The number of rotatable bonds is 8. The van der Waals surface area contributed by atoms with E-state index in [2.05, 4.69) is 5.32 Å². The molecule has 104 valence electrons. The Morgan fingerprint density at radius 1 is 1.39 bits per heavy atom. The van der Waals surface area contributed by atoms with Crippen LogP contribution in [0, 0.1) is 11.8 Å². The minimum absolute atomic E-state index is 0.0195. The van der Waals surface area contributed by atoms with Crippen LogP contribution >= 0.6 is 0 Å². The number of nitrogens with one attached hydrogen (secondary N) is 1. The fraction of sp³-hybridized carbons (Fsp3) is 0.846. The summed E-state index contributed by atoms with van der Waals surface area (Å²) in [6.45, 7) is 5.90. The van der Waals surface area contributed by atoms with Crippen LogP contribution in [0.25, 0.3) is 0 Å². The number of aliphatic carboxylic acids is 1. The second-order valence-electron chi connectivity index (χ2n) is 5.04. The zero-order valence-corrected chi connectivity index (χ0v) is 11.3. The van der Waals surface area contributed by atoms with Crippen molar-refractivity contribution >= 4 is 12.0 Å². The number of carboxylic acids is 1. The topological polar surface area (TPSA) is 69.6 Å². The Kier molecular flexibility index (Phi) is 5.95. The number of carboxylic acid groups (broad SMARTS) is 1. The number of urea groups is 1. The molecule has 5 heteroatoms. The highest BCUT2D eigenvalue weighted by molar-refractivity contribution is 5.74. The molecule has 0 radical (unpaired) electrons. The molecule has 2 amide bonds. The van der Waals surface area contributed by atoms with Crippen LogP contribution in [0.2, 0.25) is 0 Å². The predicted molar refractivity (Wildman–Crippen MR) is 69.4 cm³/mol. The summed E-state index contributed by atoms with van der Waals surface area (Å²) in [5, 5.41) is 11.6. The molecule has 0 saturated heterocycles. The van der Waals surface area contributed by atoms with E-state index >= 15 is 0 Å². The first kappa shape index (κ1) is 14.8. The second-order valence-corrected chi connectivity index (χ2v) is 5.04. The first-order valence-corrected chi connectivity index (χ1v) is 6.81. The fourth-order valence-electron chi connectivity index (χ4n) is 1.92. The van der Waals surface area contributed by atoms with E-state index in [4.69, 9.17) is 5.11 Å². The molecule has 1 aliphatic carbocycles. The molecule has 0 aliphatic heterocycles. The van der Waals surface area contributed by atoms with Gasteiger partial charge in [-0.25, -0.2) is 4.79 Å². The molecule has 0 spiro atoms. The van der Waals surface area contributed by atoms with Gasteiger partial charge in [0.25, 0.3) is 0 Å². The lowest BCUT2D eigenvalue weighted by Gasteiger charge is -2.22. The number of amides is 2. The van der Waals surface area contributed by atoms with Crippen molar-refractivity contribution < 1.29 is 14.7 Å². The summed E-state index contributed by atoms with van der Waals surface area (Å²) < 4.78 is 0. The van der Waals surface area contributed by atoms with Crippen LogP contribution in [0.5, 0.6) is 0 Å². The van der Waals surface area contributed by atoms with E-state index in [0.29, 0.717) is 19.0 Å². The Balaban J connectivity index is 2.29. The third-order valence-corrected chi connectivity index (χ3v) is 3.43. The molecule has 1 rings (SSSR count). The van der Waals surface area contributed by atoms with Gasteiger partial charge in [-0.15, -0.1) is 0 Å². The number of nitrogens with zero attached hydrogens (tertiary/aromatic N) is 1. The van der Waals surface area contributed by atoms with Gasteiger partial charge in [-0.3, -0.25) is 4.79 Å². The fourth-order valence-corrected chi connectivity index (χ4v) is 1.92. The van der Waals surface area contributed by atoms with Gasteiger partial charge in [-0.05, 0) is 31.6 Å². The molecule has 1 aliphatic rings. The van der Waals surface area contributed by atoms with E-state index in [1.807, 2.05) is 18.7 Å². The van der Waals surface area contributed by atoms with Crippen LogP contribution < -0.4 is 5.32 Å². The van der Waals surface area contributed by atoms with Crippen molar-refractivity contribution in [3.05, 3.63) is 0 Å². The summed E-state index contributed by atoms with van der Waals surface area (Å²) in [5.41, 5.74) is 0. The summed E-state index contributed by atoms with van der Waals surface area (Å²) in [6.07, 6.45) is 3.33. The van der Waals surface area contributed by atoms with Crippen LogP contribution in [0.4, 0.5) is 4.79 Å². The Bertz CT molecular complexity index is 290. The number of hydrogen-bond donors (Lipinski definition) is 2. The Morgan fingerprint density at radius 3 is 2.50 bits per heavy atom. The zero-order valence-electron chi connectivity index (χ0n) is 11.3. The van der Waals surface area contributed by atoms with Gasteiger partial charge < -0.3 is 15.3 Å². The summed E-state index contributed by atoms with van der Waals surface area (Å²) in [6, 6.07) is -0.0618. The van der Waals surface area contributed by atoms with Gasteiger partial charge >= 0.3 is 12.0 Å². The highest BCUT2D eigenvalue weighted by Crippen LogP contribution is 2.29. The highest BCUT2D eigenvalue weighted by Gasteiger charge is 2.26. The van der Waals surface area contributed by atoms with Crippen molar-refractivity contribution in [1.29, 1.82) is 0 Å². The van der Waals surface area contributed by atoms with E-state index < -0.39 is 5.97 Å². The molecular weight excluding hydrogens is 232 g/mol. The normalized spacial score (nSPS) is 16.1. The van der Waals surface area contributed by atoms with Crippen molar-refractivity contribution in [3.8, 4) is 0 Å². The third-order valence-electron chi connectivity index (χ3n) is 3.43. The summed E-state index contributed by atoms with van der Waals surface area (Å²) in [4.78, 5) is 24.4. The number of carbonyl (C=O) groups is 2. The molecule has 1 atom stereocenters. The van der Waals surface area contributed by atoms with Crippen LogP contribution in [-0.2, 0) is 4.79 Å². The molecular formula is C13H24N2O3. The monoisotopic (exact) mass is 256 g/mol. The smallest absolute Gasteiger partial charge is 0.317 e. The Labute approximate surface area is 109 Å². The first-order chi connectivity index (χ1) is 8.56. The van der Waals surface area contributed by atoms with E-state index in [-0.39, 0.29) is 18.4 Å². The van der Waals surface area contributed by atoms with Crippen molar-refractivity contribution in [3.63, 3.8) is 0 Å². The lowest BCUT2D eigenvalue weighted by atomic mass is 10.0. The standard InChI is InChI=1S/C13H24N2O3/c1-3-10(7-12(16)17)8-14-13(18)15(4-2)9-11-5-6-11/h10-11H,3-9H2,1-2H3,(H,14,18)(H,16,17). The maximum Gasteiger partial charge on any atom is 0.317 e. The molecule has 0 aromatic rings. The SMILES string of the molecule is CCC(CNC(=O)N(CC)CC1CC1)CC(=O)O. The minimum atomic E-state index is -0.804. The maximum absolute atomic E-state index is 11.9. The summed E-state index contributed by atoms with van der Waals surface area (Å²) >= 11 is 0. The van der Waals surface area contributed by atoms with E-state index in [9.17, 15) is 9.59 Å².